The molecular formula is C18H27N3O3S2. The lowest BCUT2D eigenvalue weighted by Gasteiger charge is -2.25. The lowest BCUT2D eigenvalue weighted by molar-refractivity contribution is 0.465. The van der Waals surface area contributed by atoms with Gasteiger partial charge in [0.2, 0.25) is 0 Å². The number of benzene rings is 1. The molecule has 144 valence electrons. The normalized spacial score (nSPS) is 15.2. The van der Waals surface area contributed by atoms with Crippen molar-refractivity contribution in [2.24, 2.45) is 5.92 Å². The summed E-state index contributed by atoms with van der Waals surface area (Å²) in [6.45, 7) is 11.5. The monoisotopic (exact) mass is 397 g/mol. The van der Waals surface area contributed by atoms with E-state index in [2.05, 4.69) is 9.71 Å². The maximum absolute atomic E-state index is 12.8. The molecule has 6 nitrogen and oxygen atoms in total. The van der Waals surface area contributed by atoms with Crippen molar-refractivity contribution in [2.45, 2.75) is 57.2 Å². The van der Waals surface area contributed by atoms with E-state index >= 15 is 0 Å². The highest BCUT2D eigenvalue weighted by Gasteiger charge is 2.28. The zero-order valence-electron chi connectivity index (χ0n) is 16.1. The van der Waals surface area contributed by atoms with Crippen LogP contribution in [0.3, 0.4) is 0 Å². The van der Waals surface area contributed by atoms with E-state index in [1.54, 1.807) is 24.3 Å². The number of aryl methyl sites for hydroxylation is 1. The van der Waals surface area contributed by atoms with Gasteiger partial charge in [0, 0.05) is 6.20 Å². The summed E-state index contributed by atoms with van der Waals surface area (Å²) in [4.78, 5) is 4.48. The molecule has 2 rings (SSSR count). The summed E-state index contributed by atoms with van der Waals surface area (Å²) in [5.74, 6) is 0.0896. The average Bonchev–Trinajstić information content (AvgIpc) is 3.01. The highest BCUT2D eigenvalue weighted by Crippen LogP contribution is 2.24. The second kappa shape index (κ2) is 7.62. The average molecular weight is 398 g/mol. The van der Waals surface area contributed by atoms with Crippen molar-refractivity contribution < 1.29 is 12.6 Å². The van der Waals surface area contributed by atoms with Crippen LogP contribution in [-0.2, 0) is 21.0 Å². The molecule has 0 unspecified atom stereocenters. The number of rotatable bonds is 6. The summed E-state index contributed by atoms with van der Waals surface area (Å²) in [6, 6.07) is 6.37. The molecule has 0 fully saturated rings. The van der Waals surface area contributed by atoms with Gasteiger partial charge in [-0.25, -0.2) is 26.3 Å². The van der Waals surface area contributed by atoms with Crippen LogP contribution < -0.4 is 4.72 Å². The van der Waals surface area contributed by atoms with Crippen LogP contribution >= 0.6 is 0 Å². The summed E-state index contributed by atoms with van der Waals surface area (Å²) in [5.41, 5.74) is 1.54. The number of hydrogen-bond acceptors (Lipinski definition) is 4. The van der Waals surface area contributed by atoms with Crippen LogP contribution in [0.1, 0.15) is 51.9 Å². The molecule has 0 amide bonds. The SMILES string of the molecule is Cc1ccc(S(=O)(=O)n2cnc([C@H](N[S@](=O)C(C)(C)C)C(C)C)c2)cc1. The van der Waals surface area contributed by atoms with Crippen LogP contribution in [0.5, 0.6) is 0 Å². The number of imidazole rings is 1. The van der Waals surface area contributed by atoms with E-state index in [-0.39, 0.29) is 16.9 Å². The Hall–Kier alpha value is -1.51. The molecule has 1 aromatic carbocycles. The van der Waals surface area contributed by atoms with E-state index in [4.69, 9.17) is 0 Å². The fourth-order valence-corrected chi connectivity index (χ4v) is 4.39. The van der Waals surface area contributed by atoms with Crippen molar-refractivity contribution in [3.63, 3.8) is 0 Å². The lowest BCUT2D eigenvalue weighted by atomic mass is 10.0. The quantitative estimate of drug-likeness (QED) is 0.812. The van der Waals surface area contributed by atoms with Gasteiger partial charge in [-0.3, -0.25) is 0 Å². The molecule has 1 N–H and O–H groups in total. The predicted molar refractivity (Wildman–Crippen MR) is 105 cm³/mol. The van der Waals surface area contributed by atoms with E-state index in [0.717, 1.165) is 9.54 Å². The van der Waals surface area contributed by atoms with Crippen molar-refractivity contribution in [2.75, 3.05) is 0 Å². The van der Waals surface area contributed by atoms with Gasteiger partial charge in [-0.05, 0) is 45.7 Å². The topological polar surface area (TPSA) is 81.1 Å². The first kappa shape index (κ1) is 20.8. The molecule has 0 spiro atoms. The molecule has 0 radical (unpaired) electrons. The Balaban J connectivity index is 2.34. The summed E-state index contributed by atoms with van der Waals surface area (Å²) < 4.78 is 41.8. The third-order valence-corrected chi connectivity index (χ3v) is 7.16. The third-order valence-electron chi connectivity index (χ3n) is 3.95. The first-order chi connectivity index (χ1) is 11.9. The Kier molecular flexibility index (Phi) is 6.09. The van der Waals surface area contributed by atoms with Gasteiger partial charge in [-0.15, -0.1) is 0 Å². The Labute approximate surface area is 158 Å². The molecule has 0 aliphatic heterocycles. The molecule has 2 atom stereocenters. The molecule has 0 bridgehead atoms. The van der Waals surface area contributed by atoms with Crippen LogP contribution in [0.2, 0.25) is 0 Å². The van der Waals surface area contributed by atoms with Crippen molar-refractivity contribution in [1.29, 1.82) is 0 Å². The number of aromatic nitrogens is 2. The lowest BCUT2D eigenvalue weighted by Crippen LogP contribution is -2.37. The van der Waals surface area contributed by atoms with Gasteiger partial charge >= 0.3 is 0 Å². The zero-order valence-corrected chi connectivity index (χ0v) is 17.7. The fraction of sp³-hybridized carbons (Fsp3) is 0.500. The molecule has 0 aliphatic carbocycles. The molecule has 8 heteroatoms. The molecule has 26 heavy (non-hydrogen) atoms. The van der Waals surface area contributed by atoms with Crippen LogP contribution in [-0.4, -0.2) is 26.3 Å². The zero-order chi connectivity index (χ0) is 19.7. The van der Waals surface area contributed by atoms with E-state index in [0.29, 0.717) is 5.69 Å². The predicted octanol–water partition coefficient (Wildman–Crippen LogP) is 3.18. The van der Waals surface area contributed by atoms with Gasteiger partial charge in [0.1, 0.15) is 6.33 Å². The van der Waals surface area contributed by atoms with Gasteiger partial charge in [0.25, 0.3) is 10.0 Å². The van der Waals surface area contributed by atoms with Crippen LogP contribution in [0, 0.1) is 12.8 Å². The van der Waals surface area contributed by atoms with E-state index in [9.17, 15) is 12.6 Å². The second-order valence-electron chi connectivity index (χ2n) is 7.67. The molecule has 1 heterocycles. The maximum Gasteiger partial charge on any atom is 0.268 e. The minimum Gasteiger partial charge on any atom is -0.242 e. The Morgan fingerprint density at radius 2 is 1.73 bits per heavy atom. The Morgan fingerprint density at radius 1 is 1.15 bits per heavy atom. The Bertz CT molecular complexity index is 879. The summed E-state index contributed by atoms with van der Waals surface area (Å²) in [6.07, 6.45) is 2.79. The summed E-state index contributed by atoms with van der Waals surface area (Å²) in [7, 11) is -4.99. The molecule has 0 saturated heterocycles. The highest BCUT2D eigenvalue weighted by atomic mass is 32.2. The second-order valence-corrected chi connectivity index (χ2v) is 11.5. The van der Waals surface area contributed by atoms with E-state index < -0.39 is 25.8 Å². The minimum atomic E-state index is -3.70. The highest BCUT2D eigenvalue weighted by molar-refractivity contribution is 7.90. The largest absolute Gasteiger partial charge is 0.268 e. The number of nitrogens with zero attached hydrogens (tertiary/aromatic N) is 2. The summed E-state index contributed by atoms with van der Waals surface area (Å²) >= 11 is 0. The van der Waals surface area contributed by atoms with E-state index in [1.165, 1.54) is 12.5 Å². The van der Waals surface area contributed by atoms with Gasteiger partial charge in [0.05, 0.1) is 32.4 Å². The van der Waals surface area contributed by atoms with Crippen molar-refractivity contribution in [3.8, 4) is 0 Å². The smallest absolute Gasteiger partial charge is 0.242 e. The van der Waals surface area contributed by atoms with Crippen LogP contribution in [0.15, 0.2) is 41.7 Å². The van der Waals surface area contributed by atoms with Crippen LogP contribution in [0.4, 0.5) is 0 Å². The number of nitrogens with one attached hydrogen (secondary N) is 1. The van der Waals surface area contributed by atoms with Crippen molar-refractivity contribution in [3.05, 3.63) is 48.0 Å². The standard InChI is InChI=1S/C18H27N3O3S2/c1-13(2)17(20-25(22)18(4,5)6)16-11-21(12-19-16)26(23,24)15-9-7-14(3)8-10-15/h7-13,17,20H,1-6H3/t17-,25-/m1/s1. The minimum absolute atomic E-state index is 0.0896. The first-order valence-corrected chi connectivity index (χ1v) is 11.1. The third kappa shape index (κ3) is 4.61. The molecular weight excluding hydrogens is 370 g/mol. The summed E-state index contributed by atoms with van der Waals surface area (Å²) in [5, 5.41) is 0. The first-order valence-electron chi connectivity index (χ1n) is 8.47. The molecule has 1 aromatic heterocycles. The molecule has 0 aliphatic rings. The van der Waals surface area contributed by atoms with Gasteiger partial charge in [-0.2, -0.15) is 0 Å². The number of hydrogen-bond donors (Lipinski definition) is 1. The van der Waals surface area contributed by atoms with Crippen molar-refractivity contribution in [1.82, 2.24) is 13.7 Å². The fourth-order valence-electron chi connectivity index (χ4n) is 2.27. The van der Waals surface area contributed by atoms with Crippen LogP contribution in [0.25, 0.3) is 0 Å². The maximum atomic E-state index is 12.8. The van der Waals surface area contributed by atoms with Gasteiger partial charge in [0.15, 0.2) is 0 Å². The Morgan fingerprint density at radius 3 is 2.23 bits per heavy atom. The van der Waals surface area contributed by atoms with E-state index in [1.807, 2.05) is 41.5 Å². The molecule has 2 aromatic rings. The molecule has 0 saturated carbocycles. The van der Waals surface area contributed by atoms with Gasteiger partial charge in [-0.1, -0.05) is 31.5 Å². The van der Waals surface area contributed by atoms with Gasteiger partial charge < -0.3 is 0 Å². The van der Waals surface area contributed by atoms with Crippen molar-refractivity contribution >= 4 is 21.0 Å².